The summed E-state index contributed by atoms with van der Waals surface area (Å²) in [7, 11) is 0. The minimum absolute atomic E-state index is 0.132. The lowest BCUT2D eigenvalue weighted by atomic mass is 10.3. The first-order valence-corrected chi connectivity index (χ1v) is 7.08. The Labute approximate surface area is 124 Å². The highest BCUT2D eigenvalue weighted by Gasteiger charge is 2.19. The summed E-state index contributed by atoms with van der Waals surface area (Å²) in [6.07, 6.45) is 3.12. The third-order valence-corrected chi connectivity index (χ3v) is 3.20. The first-order chi connectivity index (χ1) is 10.0. The highest BCUT2D eigenvalue weighted by atomic mass is 32.2. The van der Waals surface area contributed by atoms with Crippen molar-refractivity contribution in [1.29, 1.82) is 0 Å². The van der Waals surface area contributed by atoms with Crippen molar-refractivity contribution in [3.05, 3.63) is 42.0 Å². The third kappa shape index (κ3) is 3.40. The number of benzene rings is 1. The van der Waals surface area contributed by atoms with Crippen molar-refractivity contribution < 1.29 is 18.7 Å². The number of hydrogen-bond donors (Lipinski definition) is 1. The second kappa shape index (κ2) is 6.40. The van der Waals surface area contributed by atoms with Crippen LogP contribution in [0.4, 0.5) is 4.39 Å². The maximum atomic E-state index is 13.0. The molecule has 21 heavy (non-hydrogen) atoms. The normalized spacial score (nSPS) is 10.4. The van der Waals surface area contributed by atoms with E-state index in [-0.39, 0.29) is 11.5 Å². The molecule has 110 valence electrons. The highest BCUT2D eigenvalue weighted by molar-refractivity contribution is 7.98. The van der Waals surface area contributed by atoms with Gasteiger partial charge in [-0.3, -0.25) is 9.36 Å². The minimum atomic E-state index is -0.749. The molecule has 0 aliphatic heterocycles. The van der Waals surface area contributed by atoms with E-state index in [2.05, 4.69) is 4.98 Å². The van der Waals surface area contributed by atoms with Gasteiger partial charge in [-0.15, -0.1) is 0 Å². The molecule has 0 aliphatic carbocycles. The van der Waals surface area contributed by atoms with Gasteiger partial charge in [0.2, 0.25) is 0 Å². The van der Waals surface area contributed by atoms with Gasteiger partial charge in [0, 0.05) is 5.69 Å². The number of nitrogens with two attached hydrogens (primary N) is 1. The second-order valence-electron chi connectivity index (χ2n) is 3.98. The summed E-state index contributed by atoms with van der Waals surface area (Å²) < 4.78 is 19.3. The van der Waals surface area contributed by atoms with Gasteiger partial charge in [-0.25, -0.2) is 14.2 Å². The van der Waals surface area contributed by atoms with Gasteiger partial charge in [-0.2, -0.15) is 0 Å². The molecule has 0 radical (unpaired) electrons. The van der Waals surface area contributed by atoms with Crippen molar-refractivity contribution in [2.24, 2.45) is 5.73 Å². The van der Waals surface area contributed by atoms with Crippen molar-refractivity contribution in [3.8, 4) is 5.69 Å². The first kappa shape index (κ1) is 15.0. The Hall–Kier alpha value is -2.35. The van der Waals surface area contributed by atoms with Crippen molar-refractivity contribution in [3.63, 3.8) is 0 Å². The van der Waals surface area contributed by atoms with Gasteiger partial charge in [-0.05, 0) is 30.5 Å². The van der Waals surface area contributed by atoms with Crippen molar-refractivity contribution >= 4 is 23.6 Å². The van der Waals surface area contributed by atoms with Crippen molar-refractivity contribution in [2.75, 3.05) is 12.9 Å². The number of esters is 1. The molecule has 1 aromatic carbocycles. The highest BCUT2D eigenvalue weighted by Crippen LogP contribution is 2.22. The zero-order chi connectivity index (χ0) is 15.4. The van der Waals surface area contributed by atoms with Crippen LogP contribution in [0.2, 0.25) is 0 Å². The molecule has 0 aliphatic rings. The number of thioether (sulfide) groups is 1. The Morgan fingerprint density at radius 2 is 2.05 bits per heavy atom. The molecule has 2 rings (SSSR count). The molecule has 0 bridgehead atoms. The quantitative estimate of drug-likeness (QED) is 0.666. The molecule has 0 atom stereocenters. The van der Waals surface area contributed by atoms with Crippen LogP contribution in [0.15, 0.2) is 35.6 Å². The van der Waals surface area contributed by atoms with Gasteiger partial charge in [-0.1, -0.05) is 11.8 Å². The fraction of sp³-hybridized carbons (Fsp3) is 0.154. The van der Waals surface area contributed by atoms with E-state index in [0.29, 0.717) is 10.8 Å². The van der Waals surface area contributed by atoms with Crippen LogP contribution in [0, 0.1) is 5.82 Å². The number of rotatable bonds is 5. The topological polar surface area (TPSA) is 87.2 Å². The Balaban J connectivity index is 2.39. The molecule has 8 heteroatoms. The predicted molar refractivity (Wildman–Crippen MR) is 74.8 cm³/mol. The number of hydrogen-bond acceptors (Lipinski definition) is 5. The van der Waals surface area contributed by atoms with Gasteiger partial charge in [0.25, 0.3) is 5.91 Å². The van der Waals surface area contributed by atoms with Gasteiger partial charge in [0.15, 0.2) is 17.5 Å². The SMILES string of the molecule is CSc1ncc(C(=O)OCC(N)=O)n1-c1ccc(F)cc1. The molecule has 0 fully saturated rings. The van der Waals surface area contributed by atoms with Crippen molar-refractivity contribution in [1.82, 2.24) is 9.55 Å². The van der Waals surface area contributed by atoms with Crippen LogP contribution in [-0.4, -0.2) is 34.3 Å². The largest absolute Gasteiger partial charge is 0.451 e. The zero-order valence-electron chi connectivity index (χ0n) is 11.1. The number of imidazole rings is 1. The molecule has 0 saturated heterocycles. The van der Waals surface area contributed by atoms with E-state index in [9.17, 15) is 14.0 Å². The average Bonchev–Trinajstić information content (AvgIpc) is 2.89. The molecule has 0 spiro atoms. The first-order valence-electron chi connectivity index (χ1n) is 5.86. The molecular weight excluding hydrogens is 297 g/mol. The molecule has 6 nitrogen and oxygen atoms in total. The summed E-state index contributed by atoms with van der Waals surface area (Å²) in [6.45, 7) is -0.512. The van der Waals surface area contributed by atoms with E-state index in [1.807, 2.05) is 0 Å². The van der Waals surface area contributed by atoms with E-state index in [0.717, 1.165) is 0 Å². The number of primary amides is 1. The number of aromatic nitrogens is 2. The molecule has 1 heterocycles. The average molecular weight is 309 g/mol. The molecule has 2 aromatic rings. The third-order valence-electron chi connectivity index (χ3n) is 2.55. The second-order valence-corrected chi connectivity index (χ2v) is 4.76. The monoisotopic (exact) mass is 309 g/mol. The summed E-state index contributed by atoms with van der Waals surface area (Å²) in [6, 6.07) is 5.58. The van der Waals surface area contributed by atoms with Gasteiger partial charge in [0.05, 0.1) is 6.20 Å². The summed E-state index contributed by atoms with van der Waals surface area (Å²) in [4.78, 5) is 26.7. The Morgan fingerprint density at radius 1 is 1.38 bits per heavy atom. The summed E-state index contributed by atoms with van der Waals surface area (Å²) in [5.41, 5.74) is 5.62. The lowest BCUT2D eigenvalue weighted by molar-refractivity contribution is -0.121. The Kier molecular flexibility index (Phi) is 4.59. The molecular formula is C13H12FN3O3S. The van der Waals surface area contributed by atoms with Crippen molar-refractivity contribution in [2.45, 2.75) is 5.16 Å². The van der Waals surface area contributed by atoms with Crippen LogP contribution >= 0.6 is 11.8 Å². The molecule has 1 aromatic heterocycles. The van der Waals surface area contributed by atoms with E-state index >= 15 is 0 Å². The summed E-state index contributed by atoms with van der Waals surface area (Å²) in [5, 5.41) is 0.535. The van der Waals surface area contributed by atoms with Crippen LogP contribution in [0.3, 0.4) is 0 Å². The molecule has 2 N–H and O–H groups in total. The zero-order valence-corrected chi connectivity index (χ0v) is 11.9. The van der Waals surface area contributed by atoms with Crippen LogP contribution in [0.25, 0.3) is 5.69 Å². The van der Waals surface area contributed by atoms with E-state index in [4.69, 9.17) is 10.5 Å². The predicted octanol–water partition coefficient (Wildman–Crippen LogP) is 1.38. The number of ether oxygens (including phenoxy) is 1. The van der Waals surface area contributed by atoms with Gasteiger partial charge in [0.1, 0.15) is 5.82 Å². The summed E-state index contributed by atoms with van der Waals surface area (Å²) >= 11 is 1.32. The number of nitrogens with zero attached hydrogens (tertiary/aromatic N) is 2. The lowest BCUT2D eigenvalue weighted by Crippen LogP contribution is -2.22. The smallest absolute Gasteiger partial charge is 0.357 e. The number of amides is 1. The van der Waals surface area contributed by atoms with Crippen LogP contribution < -0.4 is 5.73 Å². The van der Waals surface area contributed by atoms with Crippen LogP contribution in [0.1, 0.15) is 10.5 Å². The maximum absolute atomic E-state index is 13.0. The Morgan fingerprint density at radius 3 is 2.62 bits per heavy atom. The van der Waals surface area contributed by atoms with E-state index < -0.39 is 18.5 Å². The Bertz CT molecular complexity index is 670. The fourth-order valence-corrected chi connectivity index (χ4v) is 2.22. The van der Waals surface area contributed by atoms with Crippen LogP contribution in [-0.2, 0) is 9.53 Å². The molecule has 0 unspecified atom stereocenters. The molecule has 0 saturated carbocycles. The van der Waals surface area contributed by atoms with Crippen LogP contribution in [0.5, 0.6) is 0 Å². The molecule has 1 amide bonds. The van der Waals surface area contributed by atoms with Gasteiger partial charge < -0.3 is 10.5 Å². The van der Waals surface area contributed by atoms with E-state index in [1.165, 1.54) is 46.8 Å². The number of halogens is 1. The van der Waals surface area contributed by atoms with Gasteiger partial charge >= 0.3 is 5.97 Å². The lowest BCUT2D eigenvalue weighted by Gasteiger charge is -2.10. The standard InChI is InChI=1S/C13H12FN3O3S/c1-21-13-16-6-10(12(19)20-7-11(15)18)17(13)9-4-2-8(14)3-5-9/h2-6H,7H2,1H3,(H2,15,18). The minimum Gasteiger partial charge on any atom is -0.451 e. The number of carbonyl (C=O) groups excluding carboxylic acids is 2. The number of carbonyl (C=O) groups is 2. The van der Waals surface area contributed by atoms with E-state index in [1.54, 1.807) is 6.26 Å². The maximum Gasteiger partial charge on any atom is 0.357 e. The fourth-order valence-electron chi connectivity index (χ4n) is 1.67. The summed E-state index contributed by atoms with van der Waals surface area (Å²) in [5.74, 6) is -1.87.